The third kappa shape index (κ3) is 1.46. The zero-order chi connectivity index (χ0) is 7.40. The SMILES string of the molecule is N#CN=C(NC#N)C1CC1. The van der Waals surface area contributed by atoms with Crippen molar-refractivity contribution in [3.63, 3.8) is 0 Å². The van der Waals surface area contributed by atoms with Gasteiger partial charge in [0.2, 0.25) is 6.19 Å². The summed E-state index contributed by atoms with van der Waals surface area (Å²) >= 11 is 0. The largest absolute Gasteiger partial charge is 0.279 e. The van der Waals surface area contributed by atoms with Crippen LogP contribution in [-0.4, -0.2) is 5.84 Å². The van der Waals surface area contributed by atoms with E-state index in [1.807, 2.05) is 0 Å². The fraction of sp³-hybridized carbons (Fsp3) is 0.500. The van der Waals surface area contributed by atoms with Gasteiger partial charge in [-0.15, -0.1) is 0 Å². The minimum Gasteiger partial charge on any atom is -0.279 e. The first-order valence-corrected chi connectivity index (χ1v) is 3.00. The van der Waals surface area contributed by atoms with Crippen LogP contribution in [0.3, 0.4) is 0 Å². The molecule has 10 heavy (non-hydrogen) atoms. The molecule has 0 amide bonds. The number of hydrogen-bond acceptors (Lipinski definition) is 3. The van der Waals surface area contributed by atoms with Crippen molar-refractivity contribution in [1.29, 1.82) is 10.5 Å². The molecule has 0 heterocycles. The molecule has 0 saturated heterocycles. The van der Waals surface area contributed by atoms with E-state index in [9.17, 15) is 0 Å². The predicted molar refractivity (Wildman–Crippen MR) is 34.5 cm³/mol. The summed E-state index contributed by atoms with van der Waals surface area (Å²) in [6.07, 6.45) is 5.46. The summed E-state index contributed by atoms with van der Waals surface area (Å²) < 4.78 is 0. The first-order valence-electron chi connectivity index (χ1n) is 3.00. The quantitative estimate of drug-likeness (QED) is 0.243. The molecule has 0 atom stereocenters. The Hall–Kier alpha value is -1.55. The highest BCUT2D eigenvalue weighted by atomic mass is 15.0. The Morgan fingerprint density at radius 2 is 2.20 bits per heavy atom. The number of nitrogens with zero attached hydrogens (tertiary/aromatic N) is 3. The molecule has 1 aliphatic carbocycles. The minimum atomic E-state index is 0.333. The molecule has 0 aromatic heterocycles. The lowest BCUT2D eigenvalue weighted by molar-refractivity contribution is 1.08. The van der Waals surface area contributed by atoms with E-state index in [1.54, 1.807) is 12.4 Å². The normalized spacial score (nSPS) is 17.2. The first kappa shape index (κ1) is 6.57. The van der Waals surface area contributed by atoms with Gasteiger partial charge >= 0.3 is 0 Å². The number of rotatable bonds is 1. The van der Waals surface area contributed by atoms with Crippen LogP contribution in [0.2, 0.25) is 0 Å². The molecule has 1 N–H and O–H groups in total. The molecule has 0 aromatic rings. The van der Waals surface area contributed by atoms with Crippen LogP contribution in [0.5, 0.6) is 0 Å². The fourth-order valence-electron chi connectivity index (χ4n) is 0.689. The summed E-state index contributed by atoms with van der Waals surface area (Å²) in [5.41, 5.74) is 0. The van der Waals surface area contributed by atoms with Gasteiger partial charge in [-0.05, 0) is 12.8 Å². The molecule has 1 fully saturated rings. The molecule has 1 aliphatic rings. The van der Waals surface area contributed by atoms with Crippen molar-refractivity contribution in [1.82, 2.24) is 5.32 Å². The fourth-order valence-corrected chi connectivity index (χ4v) is 0.689. The van der Waals surface area contributed by atoms with Crippen molar-refractivity contribution in [2.45, 2.75) is 12.8 Å². The Bertz CT molecular complexity index is 225. The number of nitrogens with one attached hydrogen (secondary N) is 1. The summed E-state index contributed by atoms with van der Waals surface area (Å²) in [4.78, 5) is 3.46. The highest BCUT2D eigenvalue weighted by Crippen LogP contribution is 2.29. The van der Waals surface area contributed by atoms with Gasteiger partial charge in [-0.25, -0.2) is 0 Å². The van der Waals surface area contributed by atoms with E-state index in [1.165, 1.54) is 0 Å². The van der Waals surface area contributed by atoms with Gasteiger partial charge in [0, 0.05) is 5.92 Å². The molecule has 4 nitrogen and oxygen atoms in total. The van der Waals surface area contributed by atoms with Crippen molar-refractivity contribution < 1.29 is 0 Å². The van der Waals surface area contributed by atoms with Gasteiger partial charge in [0.05, 0.1) is 0 Å². The molecular weight excluding hydrogens is 128 g/mol. The highest BCUT2D eigenvalue weighted by molar-refractivity contribution is 5.88. The summed E-state index contributed by atoms with van der Waals surface area (Å²) in [6.45, 7) is 0. The second-order valence-electron chi connectivity index (χ2n) is 2.11. The maximum absolute atomic E-state index is 8.19. The molecule has 0 radical (unpaired) electrons. The maximum Gasteiger partial charge on any atom is 0.207 e. The van der Waals surface area contributed by atoms with Gasteiger partial charge in [0.25, 0.3) is 0 Å². The Kier molecular flexibility index (Phi) is 1.86. The van der Waals surface area contributed by atoms with Gasteiger partial charge in [0.1, 0.15) is 5.84 Å². The number of nitriles is 2. The lowest BCUT2D eigenvalue weighted by atomic mass is 10.4. The third-order valence-corrected chi connectivity index (χ3v) is 1.32. The number of amidine groups is 1. The lowest BCUT2D eigenvalue weighted by Gasteiger charge is -1.93. The van der Waals surface area contributed by atoms with Gasteiger partial charge in [-0.1, -0.05) is 0 Å². The topological polar surface area (TPSA) is 72.0 Å². The Labute approximate surface area is 58.8 Å². The van der Waals surface area contributed by atoms with E-state index in [4.69, 9.17) is 10.5 Å². The predicted octanol–water partition coefficient (Wildman–Crippen LogP) is 0.347. The minimum absolute atomic E-state index is 0.333. The molecule has 0 aliphatic heterocycles. The molecule has 1 rings (SSSR count). The van der Waals surface area contributed by atoms with Gasteiger partial charge in [-0.2, -0.15) is 15.5 Å². The molecule has 0 bridgehead atoms. The summed E-state index contributed by atoms with van der Waals surface area (Å²) in [5, 5.41) is 18.7. The summed E-state index contributed by atoms with van der Waals surface area (Å²) in [5.74, 6) is 0.851. The number of aliphatic imine (C=N–C) groups is 1. The lowest BCUT2D eigenvalue weighted by Crippen LogP contribution is -2.19. The standard InChI is InChI=1S/C6H6N4/c7-3-9-6(10-4-8)5-1-2-5/h5H,1-2H2,(H,9,10). The smallest absolute Gasteiger partial charge is 0.207 e. The first-order chi connectivity index (χ1) is 4.88. The average Bonchev–Trinajstić information content (AvgIpc) is 2.69. The van der Waals surface area contributed by atoms with Crippen molar-refractivity contribution in [3.8, 4) is 12.4 Å². The van der Waals surface area contributed by atoms with Gasteiger partial charge < -0.3 is 0 Å². The van der Waals surface area contributed by atoms with Crippen LogP contribution in [0.15, 0.2) is 4.99 Å². The van der Waals surface area contributed by atoms with Crippen LogP contribution in [0.25, 0.3) is 0 Å². The van der Waals surface area contributed by atoms with Crippen LogP contribution in [0.1, 0.15) is 12.8 Å². The van der Waals surface area contributed by atoms with E-state index in [-0.39, 0.29) is 0 Å². The van der Waals surface area contributed by atoms with E-state index in [0.717, 1.165) is 12.8 Å². The van der Waals surface area contributed by atoms with E-state index in [0.29, 0.717) is 11.8 Å². The Morgan fingerprint density at radius 1 is 1.50 bits per heavy atom. The molecular formula is C6H6N4. The maximum atomic E-state index is 8.19. The molecule has 0 unspecified atom stereocenters. The Balaban J connectivity index is 2.53. The van der Waals surface area contributed by atoms with Crippen LogP contribution in [-0.2, 0) is 0 Å². The molecule has 50 valence electrons. The van der Waals surface area contributed by atoms with Crippen molar-refractivity contribution in [2.24, 2.45) is 10.9 Å². The van der Waals surface area contributed by atoms with Crippen molar-refractivity contribution in [2.75, 3.05) is 0 Å². The molecule has 0 spiro atoms. The zero-order valence-corrected chi connectivity index (χ0v) is 5.33. The average molecular weight is 134 g/mol. The second-order valence-corrected chi connectivity index (χ2v) is 2.11. The number of hydrogen-bond donors (Lipinski definition) is 1. The third-order valence-electron chi connectivity index (χ3n) is 1.32. The van der Waals surface area contributed by atoms with Crippen LogP contribution >= 0.6 is 0 Å². The van der Waals surface area contributed by atoms with Gasteiger partial charge in [-0.3, -0.25) is 5.32 Å². The van der Waals surface area contributed by atoms with Crippen LogP contribution in [0.4, 0.5) is 0 Å². The molecule has 4 heteroatoms. The monoisotopic (exact) mass is 134 g/mol. The van der Waals surface area contributed by atoms with Crippen molar-refractivity contribution >= 4 is 5.84 Å². The summed E-state index contributed by atoms with van der Waals surface area (Å²) in [6, 6.07) is 0. The second kappa shape index (κ2) is 2.84. The van der Waals surface area contributed by atoms with Crippen LogP contribution in [0, 0.1) is 28.8 Å². The highest BCUT2D eigenvalue weighted by Gasteiger charge is 2.27. The summed E-state index contributed by atoms with van der Waals surface area (Å²) in [7, 11) is 0. The van der Waals surface area contributed by atoms with Crippen LogP contribution < -0.4 is 5.32 Å². The van der Waals surface area contributed by atoms with E-state index >= 15 is 0 Å². The van der Waals surface area contributed by atoms with Gasteiger partial charge in [0.15, 0.2) is 6.19 Å². The van der Waals surface area contributed by atoms with E-state index in [2.05, 4.69) is 10.3 Å². The molecule has 1 saturated carbocycles. The Morgan fingerprint density at radius 3 is 2.60 bits per heavy atom. The van der Waals surface area contributed by atoms with E-state index < -0.39 is 0 Å². The molecule has 0 aromatic carbocycles. The van der Waals surface area contributed by atoms with Crippen molar-refractivity contribution in [3.05, 3.63) is 0 Å². The zero-order valence-electron chi connectivity index (χ0n) is 5.33.